The molecule has 0 radical (unpaired) electrons. The highest BCUT2D eigenvalue weighted by molar-refractivity contribution is 8.01. The van der Waals surface area contributed by atoms with Crippen molar-refractivity contribution in [2.24, 2.45) is 34.6 Å². The molecule has 0 saturated heterocycles. The largest absolute Gasteiger partial charge is 0.508 e. The molecule has 696 valence electrons. The number of hydrazine groups is 1. The van der Waals surface area contributed by atoms with Gasteiger partial charge in [-0.05, 0) is 158 Å². The molecule has 0 fully saturated rings. The summed E-state index contributed by atoms with van der Waals surface area (Å²) in [6.07, 6.45) is -3.86. The summed E-state index contributed by atoms with van der Waals surface area (Å²) in [5, 5.41) is 51.7. The number of hydrogen-bond donors (Lipinski definition) is 19. The Hall–Kier alpha value is -13.4. The number of carbonyl (C=O) groups excluding carboxylic acids is 15. The molecule has 24 N–H and O–H groups in total. The van der Waals surface area contributed by atoms with Gasteiger partial charge in [-0.15, -0.1) is 11.8 Å². The molecule has 5 aromatic rings. The van der Waals surface area contributed by atoms with E-state index in [2.05, 4.69) is 64.0 Å². The van der Waals surface area contributed by atoms with Crippen LogP contribution in [0.25, 0.3) is 0 Å². The average molecular weight is 1820 g/mol. The number of carbonyl (C=O) groups is 16. The fourth-order valence-corrected chi connectivity index (χ4v) is 16.4. The number of unbranched alkanes of at least 4 members (excludes halogenated alkanes) is 1. The van der Waals surface area contributed by atoms with Crippen LogP contribution in [0.3, 0.4) is 0 Å². The maximum absolute atomic E-state index is 15.6. The van der Waals surface area contributed by atoms with E-state index in [0.29, 0.717) is 41.3 Å². The smallest absolute Gasteiger partial charge is 0.426 e. The summed E-state index contributed by atoms with van der Waals surface area (Å²) in [5.41, 5.74) is 32.7. The lowest BCUT2D eigenvalue weighted by atomic mass is 9.96. The number of primary amides is 3. The van der Waals surface area contributed by atoms with Gasteiger partial charge in [0.25, 0.3) is 11.6 Å². The molecule has 15 amide bonds. The van der Waals surface area contributed by atoms with Gasteiger partial charge in [-0.3, -0.25) is 87.5 Å². The summed E-state index contributed by atoms with van der Waals surface area (Å²) in [6, 6.07) is 14.9. The number of aliphatic carboxylic acids is 1. The second-order valence-corrected chi connectivity index (χ2v) is 34.4. The molecule has 0 aromatic heterocycles. The Morgan fingerprint density at radius 1 is 0.562 bits per heavy atom. The third-order valence-corrected chi connectivity index (χ3v) is 23.3. The van der Waals surface area contributed by atoms with Crippen molar-refractivity contribution in [2.45, 2.75) is 214 Å². The van der Waals surface area contributed by atoms with Crippen LogP contribution in [0.2, 0.25) is 0 Å². The highest BCUT2D eigenvalue weighted by atomic mass is 32.2. The van der Waals surface area contributed by atoms with E-state index in [4.69, 9.17) is 38.1 Å². The molecule has 12 atom stereocenters. The number of phenols is 1. The molecular weight excluding hydrogens is 1710 g/mol. The van der Waals surface area contributed by atoms with Crippen LogP contribution in [0.5, 0.6) is 11.5 Å². The summed E-state index contributed by atoms with van der Waals surface area (Å²) in [6.45, 7) is 9.50. The van der Waals surface area contributed by atoms with Gasteiger partial charge in [0.2, 0.25) is 76.8 Å². The van der Waals surface area contributed by atoms with Crippen molar-refractivity contribution < 1.29 is 110 Å². The number of nitrogens with two attached hydrogens (primary N) is 5. The summed E-state index contributed by atoms with van der Waals surface area (Å²) in [5.74, 6) is -18.5. The monoisotopic (exact) mass is 1820 g/mol. The van der Waals surface area contributed by atoms with E-state index in [-0.39, 0.29) is 60.4 Å². The molecule has 5 aromatic carbocycles. The minimum atomic E-state index is -5.13. The number of rotatable bonds is 52. The number of amides is 15. The van der Waals surface area contributed by atoms with E-state index < -0.39 is 260 Å². The Morgan fingerprint density at radius 2 is 1.09 bits per heavy atom. The van der Waals surface area contributed by atoms with Gasteiger partial charge < -0.3 is 102 Å². The van der Waals surface area contributed by atoms with Crippen LogP contribution in [0.1, 0.15) is 144 Å². The number of ether oxygens (including phenoxy) is 2. The van der Waals surface area contributed by atoms with E-state index in [1.807, 2.05) is 0 Å². The van der Waals surface area contributed by atoms with Crippen molar-refractivity contribution in [3.8, 4) is 11.5 Å². The number of thioether (sulfide) groups is 1. The van der Waals surface area contributed by atoms with Crippen molar-refractivity contribution >= 4 is 122 Å². The Bertz CT molecular complexity index is 4870. The zero-order valence-corrected chi connectivity index (χ0v) is 73.7. The number of phenolic OH excluding ortho intramolecular Hbond substituents is 1. The van der Waals surface area contributed by atoms with Gasteiger partial charge in [-0.1, -0.05) is 99.1 Å². The molecule has 0 spiro atoms. The highest BCUT2D eigenvalue weighted by Gasteiger charge is 2.46. The molecule has 5 rings (SSSR count). The molecule has 0 heterocycles. The quantitative estimate of drug-likeness (QED) is 0.0135. The summed E-state index contributed by atoms with van der Waals surface area (Å²) >= 11 is 0.483. The molecule has 2 unspecified atom stereocenters. The molecular formula is C84H114N18O24S2. The number of para-hydroxylation sites is 1. The third kappa shape index (κ3) is 35.2. The van der Waals surface area contributed by atoms with Crippen molar-refractivity contribution in [1.82, 2.24) is 64.0 Å². The summed E-state index contributed by atoms with van der Waals surface area (Å²) < 4.78 is 42.9. The lowest BCUT2D eigenvalue weighted by molar-refractivity contribution is -0.385. The van der Waals surface area contributed by atoms with Crippen molar-refractivity contribution in [3.63, 3.8) is 0 Å². The van der Waals surface area contributed by atoms with Crippen molar-refractivity contribution in [2.75, 3.05) is 25.4 Å². The lowest BCUT2D eigenvalue weighted by Crippen LogP contribution is -2.60. The fraction of sp³-hybridized carbons (Fsp3) is 0.452. The van der Waals surface area contributed by atoms with Crippen molar-refractivity contribution in [3.05, 3.63) is 165 Å². The SMILES string of the molecule is CC[C@H](C)[C@H](NC(=O)[C@H](Cc1ccccc1)NC(=O)[C@@H](N)Cc1ccc(O)cc1)C(=O)N[C@@H](CCC(N)=O)C(=O)N[C@@H](C)C(=O)N[C@@H](CSC(c1c(C)cc(C)cc1OCc1ccccc1[N+](=O)[O-])C(C(=O)NNC(=O)OC(C)(C)C)S(=O)(=O)c1ccccc1)C(=O)NCC(=O)NCC(=O)N[C@@H](CCC(=O)O)C(=O)N[C@@H](CCC(N)=O)C(=O)N[C@@H](CCCCN)C(N)=O. The Labute approximate surface area is 742 Å². The molecule has 0 aliphatic heterocycles. The van der Waals surface area contributed by atoms with Crippen molar-refractivity contribution in [1.29, 1.82) is 0 Å². The van der Waals surface area contributed by atoms with Crippen LogP contribution in [0.15, 0.2) is 126 Å². The number of aryl methyl sites for hydroxylation is 2. The maximum Gasteiger partial charge on any atom is 0.426 e. The number of hydrogen-bond acceptors (Lipinski definition) is 26. The Balaban J connectivity index is 1.58. The van der Waals surface area contributed by atoms with Gasteiger partial charge in [0.1, 0.15) is 72.0 Å². The average Bonchev–Trinajstić information content (AvgIpc) is 0.759. The molecule has 0 saturated carbocycles. The number of sulfone groups is 1. The van der Waals surface area contributed by atoms with Gasteiger partial charge in [0, 0.05) is 43.1 Å². The second-order valence-electron chi connectivity index (χ2n) is 31.1. The van der Waals surface area contributed by atoms with Gasteiger partial charge in [-0.25, -0.2) is 18.6 Å². The number of nitrogens with one attached hydrogen (secondary N) is 12. The summed E-state index contributed by atoms with van der Waals surface area (Å²) in [4.78, 5) is 231. The van der Waals surface area contributed by atoms with Crippen LogP contribution in [-0.2, 0) is 106 Å². The first-order chi connectivity index (χ1) is 60.3. The predicted molar refractivity (Wildman–Crippen MR) is 466 cm³/mol. The molecule has 42 nitrogen and oxygen atoms in total. The molecule has 0 bridgehead atoms. The topological polar surface area (TPSA) is 684 Å². The zero-order valence-electron chi connectivity index (χ0n) is 72.0. The molecule has 44 heteroatoms. The normalized spacial score (nSPS) is 14.0. The van der Waals surface area contributed by atoms with E-state index in [9.17, 15) is 87.5 Å². The van der Waals surface area contributed by atoms with Crippen LogP contribution < -0.4 is 97.4 Å². The van der Waals surface area contributed by atoms with Gasteiger partial charge in [0.05, 0.1) is 39.8 Å². The maximum atomic E-state index is 15.6. The first-order valence-electron chi connectivity index (χ1n) is 40.8. The first-order valence-corrected chi connectivity index (χ1v) is 43.4. The van der Waals surface area contributed by atoms with Crippen LogP contribution >= 0.6 is 11.8 Å². The predicted octanol–water partition coefficient (Wildman–Crippen LogP) is -0.331. The van der Waals surface area contributed by atoms with Gasteiger partial charge in [-0.2, -0.15) is 0 Å². The third-order valence-electron chi connectivity index (χ3n) is 19.6. The van der Waals surface area contributed by atoms with E-state index >= 15 is 18.0 Å². The minimum absolute atomic E-state index is 0.0117. The van der Waals surface area contributed by atoms with Crippen LogP contribution in [-0.4, -0.2) is 209 Å². The standard InChI is InChI=1S/C84H114N18O24S2/c1-9-47(3)70(99-80(117)60(41-50-20-12-10-13-21-50)97-75(112)55(86)40-51-27-29-53(103)30-28-51)81(118)96-58(31-34-64(87)104)77(114)92-49(5)74(111)98-61(76(113)91-42-66(106)90-43-67(107)93-57(33-36-68(108)109)78(115)95-59(32-35-65(88)105)79(116)94-56(73(89)110)25-18-19-37-85)45-127-71(69-48(4)38-46(2)39-63(69)125-44-52-22-16-17-26-62(52)102(121)122)72(128(123,124)54-23-14-11-15-24-54)82(119)100-101-83(120)126-84(6,7)8/h10-17,20-24,26-30,38-39,47,49,55-61,70-72,103H,9,18-19,25,31-37,40-45,85-86H2,1-8H3,(H2,87,104)(H2,88,105)(H2,89,110)(H,90,106)(H,91,113)(H,92,114)(H,93,107)(H,94,116)(H,95,115)(H,96,118)(H,97,112)(H,98,111)(H,99,117)(H,100,119)(H,101,120)(H,108,109)/t47-,49-,55-,56-,57-,58-,59-,60-,61-,70-,71?,72?/m0/s1. The molecule has 128 heavy (non-hydrogen) atoms. The Morgan fingerprint density at radius 3 is 1.67 bits per heavy atom. The Kier molecular flexibility index (Phi) is 42.2. The minimum Gasteiger partial charge on any atom is -0.508 e. The number of benzene rings is 5. The molecule has 0 aliphatic rings. The number of nitro benzene ring substituents is 1. The van der Waals surface area contributed by atoms with Gasteiger partial charge in [0.15, 0.2) is 15.1 Å². The lowest BCUT2D eigenvalue weighted by Gasteiger charge is -2.31. The number of nitrogens with zero attached hydrogens (tertiary/aromatic N) is 1. The van der Waals surface area contributed by atoms with Gasteiger partial charge >= 0.3 is 12.1 Å². The number of carboxylic acid groups (broad SMARTS) is 1. The first kappa shape index (κ1) is 105. The fourth-order valence-electron chi connectivity index (χ4n) is 12.7. The van der Waals surface area contributed by atoms with Crippen LogP contribution in [0.4, 0.5) is 10.5 Å². The number of aromatic hydroxyl groups is 1. The molecule has 0 aliphatic carbocycles. The number of nitro groups is 1. The second kappa shape index (κ2) is 51.3. The number of carboxylic acids is 1. The van der Waals surface area contributed by atoms with E-state index in [1.54, 1.807) is 69.3 Å². The summed E-state index contributed by atoms with van der Waals surface area (Å²) in [7, 11) is -5.13. The van der Waals surface area contributed by atoms with E-state index in [0.717, 1.165) is 19.1 Å². The highest BCUT2D eigenvalue weighted by Crippen LogP contribution is 2.45. The van der Waals surface area contributed by atoms with E-state index in [1.165, 1.54) is 88.4 Å². The van der Waals surface area contributed by atoms with Crippen LogP contribution in [0, 0.1) is 29.9 Å². The zero-order chi connectivity index (χ0) is 95.3.